The first kappa shape index (κ1) is 12.6. The van der Waals surface area contributed by atoms with Gasteiger partial charge in [0.1, 0.15) is 5.70 Å². The van der Waals surface area contributed by atoms with E-state index < -0.39 is 0 Å². The molecular weight excluding hydrogens is 236 g/mol. The summed E-state index contributed by atoms with van der Waals surface area (Å²) in [5.41, 5.74) is 0.796. The smallest absolute Gasteiger partial charge is 0.194 e. The van der Waals surface area contributed by atoms with Crippen molar-refractivity contribution in [1.82, 2.24) is 0 Å². The van der Waals surface area contributed by atoms with E-state index >= 15 is 0 Å². The van der Waals surface area contributed by atoms with E-state index in [0.717, 1.165) is 16.3 Å². The Hall–Kier alpha value is -0.880. The van der Waals surface area contributed by atoms with Crippen molar-refractivity contribution in [2.45, 2.75) is 13.1 Å². The van der Waals surface area contributed by atoms with Crippen molar-refractivity contribution in [3.05, 3.63) is 40.0 Å². The standard InChI is InChI=1S/C12H16N2O2S/c1-9-10-4-2-3-5-11(10)13-12(14(9)16)8-17-7-6-15/h2-5,12,14-15H,6-8H2,1H3. The maximum Gasteiger partial charge on any atom is 0.194 e. The van der Waals surface area contributed by atoms with Gasteiger partial charge in [0.25, 0.3) is 0 Å². The topological polar surface area (TPSA) is 60.1 Å². The van der Waals surface area contributed by atoms with Crippen LogP contribution < -0.4 is 15.6 Å². The second-order valence-electron chi connectivity index (χ2n) is 3.95. The van der Waals surface area contributed by atoms with E-state index in [1.54, 1.807) is 11.8 Å². The number of quaternary nitrogens is 1. The summed E-state index contributed by atoms with van der Waals surface area (Å²) in [6.45, 7) is 2.00. The lowest BCUT2D eigenvalue weighted by Gasteiger charge is -2.31. The van der Waals surface area contributed by atoms with Gasteiger partial charge in [-0.25, -0.2) is 4.99 Å². The first-order valence-corrected chi connectivity index (χ1v) is 6.76. The van der Waals surface area contributed by atoms with Crippen LogP contribution in [0.2, 0.25) is 0 Å². The highest BCUT2D eigenvalue weighted by Crippen LogP contribution is 2.02. The van der Waals surface area contributed by atoms with Crippen LogP contribution in [0.1, 0.15) is 6.92 Å². The molecule has 0 aromatic heterocycles. The minimum Gasteiger partial charge on any atom is -0.627 e. The summed E-state index contributed by atoms with van der Waals surface area (Å²) in [5.74, 6) is 1.30. The van der Waals surface area contributed by atoms with E-state index in [9.17, 15) is 5.21 Å². The molecule has 0 radical (unpaired) electrons. The molecule has 5 heteroatoms. The monoisotopic (exact) mass is 252 g/mol. The first-order chi connectivity index (χ1) is 8.24. The molecule has 1 heterocycles. The number of aliphatic hydroxyl groups is 1. The number of thioether (sulfide) groups is 1. The van der Waals surface area contributed by atoms with Gasteiger partial charge in [0, 0.05) is 12.7 Å². The molecule has 0 amide bonds. The van der Waals surface area contributed by atoms with E-state index in [-0.39, 0.29) is 17.8 Å². The number of nitrogens with zero attached hydrogens (tertiary/aromatic N) is 1. The zero-order valence-electron chi connectivity index (χ0n) is 9.72. The molecule has 0 saturated carbocycles. The molecule has 2 unspecified atom stereocenters. The van der Waals surface area contributed by atoms with Crippen LogP contribution in [0.25, 0.3) is 5.70 Å². The van der Waals surface area contributed by atoms with E-state index in [1.165, 1.54) is 0 Å². The summed E-state index contributed by atoms with van der Waals surface area (Å²) in [4.78, 5) is 4.48. The highest BCUT2D eigenvalue weighted by atomic mass is 32.2. The molecule has 0 aliphatic carbocycles. The van der Waals surface area contributed by atoms with Gasteiger partial charge in [0.2, 0.25) is 0 Å². The van der Waals surface area contributed by atoms with Crippen LogP contribution in [0.3, 0.4) is 0 Å². The Kier molecular flexibility index (Phi) is 4.17. The molecule has 92 valence electrons. The van der Waals surface area contributed by atoms with Crippen molar-refractivity contribution in [3.8, 4) is 0 Å². The molecule has 0 saturated heterocycles. The number of aliphatic hydroxyl groups excluding tert-OH is 1. The molecule has 0 spiro atoms. The van der Waals surface area contributed by atoms with Gasteiger partial charge < -0.3 is 15.4 Å². The number of nitrogens with one attached hydrogen (secondary N) is 1. The molecule has 2 atom stereocenters. The summed E-state index contributed by atoms with van der Waals surface area (Å²) in [7, 11) is 0. The second-order valence-corrected chi connectivity index (χ2v) is 5.10. The van der Waals surface area contributed by atoms with Gasteiger partial charge in [-0.05, 0) is 12.1 Å². The maximum atomic E-state index is 12.1. The number of para-hydroxylation sites is 1. The number of hydrogen-bond acceptors (Lipinski definition) is 4. The molecule has 0 bridgehead atoms. The summed E-state index contributed by atoms with van der Waals surface area (Å²) < 4.78 is 0. The first-order valence-electron chi connectivity index (χ1n) is 5.60. The summed E-state index contributed by atoms with van der Waals surface area (Å²) in [5, 5.41) is 22.8. The molecule has 1 aromatic rings. The SMILES string of the molecule is CC1=c2ccccc2=NC(CSCCO)[NH+]1[O-]. The number of rotatable bonds is 4. The summed E-state index contributed by atoms with van der Waals surface area (Å²) in [6.07, 6.45) is -0.290. The van der Waals surface area contributed by atoms with Crippen LogP contribution in [-0.4, -0.2) is 29.4 Å². The summed E-state index contributed by atoms with van der Waals surface area (Å²) >= 11 is 1.56. The molecule has 1 aliphatic rings. The fourth-order valence-corrected chi connectivity index (χ4v) is 2.63. The van der Waals surface area contributed by atoms with Crippen molar-refractivity contribution in [2.75, 3.05) is 18.1 Å². The minimum atomic E-state index is -0.290. The maximum absolute atomic E-state index is 12.1. The Morgan fingerprint density at radius 1 is 1.47 bits per heavy atom. The van der Waals surface area contributed by atoms with Crippen LogP contribution in [0, 0.1) is 5.21 Å². The quantitative estimate of drug-likeness (QED) is 0.527. The highest BCUT2D eigenvalue weighted by molar-refractivity contribution is 7.99. The molecule has 1 aliphatic heterocycles. The van der Waals surface area contributed by atoms with Crippen molar-refractivity contribution >= 4 is 17.5 Å². The van der Waals surface area contributed by atoms with E-state index in [1.807, 2.05) is 31.2 Å². The number of benzene rings is 1. The summed E-state index contributed by atoms with van der Waals surface area (Å²) in [6, 6.07) is 7.73. The van der Waals surface area contributed by atoms with E-state index in [0.29, 0.717) is 11.5 Å². The fraction of sp³-hybridized carbons (Fsp3) is 0.417. The lowest BCUT2D eigenvalue weighted by Crippen LogP contribution is -3.10. The largest absolute Gasteiger partial charge is 0.627 e. The Morgan fingerprint density at radius 3 is 3.00 bits per heavy atom. The van der Waals surface area contributed by atoms with Gasteiger partial charge in [-0.15, -0.1) is 0 Å². The number of hydrogen-bond donors (Lipinski definition) is 2. The number of hydroxylamine groups is 2. The van der Waals surface area contributed by atoms with Gasteiger partial charge in [0.15, 0.2) is 6.17 Å². The van der Waals surface area contributed by atoms with Crippen molar-refractivity contribution in [2.24, 2.45) is 4.99 Å². The minimum absolute atomic E-state index is 0.106. The Balaban J connectivity index is 2.27. The Labute approximate surface area is 104 Å². The van der Waals surface area contributed by atoms with Gasteiger partial charge in [-0.1, -0.05) is 12.1 Å². The third kappa shape index (κ3) is 2.69. The van der Waals surface area contributed by atoms with Crippen molar-refractivity contribution in [3.63, 3.8) is 0 Å². The van der Waals surface area contributed by atoms with Crippen molar-refractivity contribution < 1.29 is 10.2 Å². The Bertz CT molecular complexity index is 503. The average Bonchev–Trinajstić information content (AvgIpc) is 2.35. The third-order valence-corrected chi connectivity index (χ3v) is 3.81. The van der Waals surface area contributed by atoms with Crippen LogP contribution in [-0.2, 0) is 0 Å². The van der Waals surface area contributed by atoms with Crippen LogP contribution in [0.15, 0.2) is 29.3 Å². The number of fused-ring (bicyclic) bond motifs is 1. The van der Waals surface area contributed by atoms with Crippen LogP contribution >= 0.6 is 11.8 Å². The average molecular weight is 252 g/mol. The van der Waals surface area contributed by atoms with Crippen LogP contribution in [0.5, 0.6) is 0 Å². The lowest BCUT2D eigenvalue weighted by atomic mass is 10.2. The highest BCUT2D eigenvalue weighted by Gasteiger charge is 2.20. The Morgan fingerprint density at radius 2 is 2.24 bits per heavy atom. The molecule has 1 aromatic carbocycles. The molecular formula is C12H16N2O2S. The third-order valence-electron chi connectivity index (χ3n) is 2.79. The van der Waals surface area contributed by atoms with E-state index in [2.05, 4.69) is 4.99 Å². The molecule has 4 nitrogen and oxygen atoms in total. The second kappa shape index (κ2) is 5.64. The van der Waals surface area contributed by atoms with Gasteiger partial charge in [-0.2, -0.15) is 11.8 Å². The predicted molar refractivity (Wildman–Crippen MR) is 68.8 cm³/mol. The van der Waals surface area contributed by atoms with Gasteiger partial charge in [0.05, 0.1) is 22.9 Å². The van der Waals surface area contributed by atoms with Gasteiger partial charge >= 0.3 is 0 Å². The molecule has 17 heavy (non-hydrogen) atoms. The van der Waals surface area contributed by atoms with Crippen LogP contribution in [0.4, 0.5) is 0 Å². The lowest BCUT2D eigenvalue weighted by molar-refractivity contribution is -0.798. The predicted octanol–water partition coefficient (Wildman–Crippen LogP) is -1.12. The zero-order valence-corrected chi connectivity index (χ0v) is 10.5. The molecule has 0 fully saturated rings. The zero-order chi connectivity index (χ0) is 12.3. The fourth-order valence-electron chi connectivity index (χ4n) is 1.88. The van der Waals surface area contributed by atoms with Crippen molar-refractivity contribution in [1.29, 1.82) is 0 Å². The van der Waals surface area contributed by atoms with Gasteiger partial charge in [-0.3, -0.25) is 0 Å². The molecule has 2 rings (SSSR count). The molecule has 2 N–H and O–H groups in total. The normalized spacial score (nSPS) is 23.1. The van der Waals surface area contributed by atoms with E-state index in [4.69, 9.17) is 5.11 Å².